The number of methoxy groups -OCH3 is 3. The van der Waals surface area contributed by atoms with Gasteiger partial charge < -0.3 is 29.8 Å². The Labute approximate surface area is 124 Å². The minimum Gasteiger partial charge on any atom is -0.493 e. The van der Waals surface area contributed by atoms with Gasteiger partial charge >= 0.3 is 0 Å². The molecule has 0 amide bonds. The van der Waals surface area contributed by atoms with Gasteiger partial charge in [0, 0.05) is 18.7 Å². The van der Waals surface area contributed by atoms with Gasteiger partial charge in [-0.1, -0.05) is 0 Å². The molecule has 1 fully saturated rings. The van der Waals surface area contributed by atoms with E-state index in [2.05, 4.69) is 0 Å². The third-order valence-corrected chi connectivity index (χ3v) is 3.82. The minimum atomic E-state index is -0.972. The molecule has 1 aliphatic carbocycles. The summed E-state index contributed by atoms with van der Waals surface area (Å²) in [5, 5.41) is 10.4. The van der Waals surface area contributed by atoms with E-state index in [1.165, 1.54) is 0 Å². The molecule has 0 bridgehead atoms. The lowest BCUT2D eigenvalue weighted by molar-refractivity contribution is -0.0163. The molecule has 1 atom stereocenters. The standard InChI is InChI=1S/C15H23NO5/c1-18-12-6-11(7-13(19-2)14(12)20-3)21-9-15(17,8-16)10-4-5-10/h6-7,10,17H,4-5,8-9,16H2,1-3H3. The second kappa shape index (κ2) is 6.41. The van der Waals surface area contributed by atoms with Crippen molar-refractivity contribution in [3.05, 3.63) is 12.1 Å². The number of aliphatic hydroxyl groups is 1. The fraction of sp³-hybridized carbons (Fsp3) is 0.600. The van der Waals surface area contributed by atoms with Gasteiger partial charge in [0.25, 0.3) is 0 Å². The largest absolute Gasteiger partial charge is 0.493 e. The fourth-order valence-corrected chi connectivity index (χ4v) is 2.31. The van der Waals surface area contributed by atoms with Crippen molar-refractivity contribution in [1.82, 2.24) is 0 Å². The lowest BCUT2D eigenvalue weighted by Gasteiger charge is -2.26. The molecule has 0 radical (unpaired) electrons. The van der Waals surface area contributed by atoms with Crippen LogP contribution < -0.4 is 24.7 Å². The Bertz CT molecular complexity index is 464. The third-order valence-electron chi connectivity index (χ3n) is 3.82. The van der Waals surface area contributed by atoms with Crippen molar-refractivity contribution in [2.75, 3.05) is 34.5 Å². The molecule has 1 unspecified atom stereocenters. The Morgan fingerprint density at radius 3 is 2.10 bits per heavy atom. The maximum Gasteiger partial charge on any atom is 0.203 e. The van der Waals surface area contributed by atoms with E-state index in [9.17, 15) is 5.11 Å². The summed E-state index contributed by atoms with van der Waals surface area (Å²) in [6.07, 6.45) is 1.98. The highest BCUT2D eigenvalue weighted by molar-refractivity contribution is 5.55. The van der Waals surface area contributed by atoms with Crippen LogP contribution in [0.25, 0.3) is 0 Å². The van der Waals surface area contributed by atoms with Gasteiger partial charge in [-0.2, -0.15) is 0 Å². The van der Waals surface area contributed by atoms with Crippen LogP contribution >= 0.6 is 0 Å². The summed E-state index contributed by atoms with van der Waals surface area (Å²) >= 11 is 0. The molecular weight excluding hydrogens is 274 g/mol. The van der Waals surface area contributed by atoms with Crippen LogP contribution in [0.3, 0.4) is 0 Å². The highest BCUT2D eigenvalue weighted by Crippen LogP contribution is 2.42. The van der Waals surface area contributed by atoms with Gasteiger partial charge in [-0.25, -0.2) is 0 Å². The number of rotatable bonds is 8. The Hall–Kier alpha value is -1.66. The average Bonchev–Trinajstić information content (AvgIpc) is 3.36. The molecule has 6 nitrogen and oxygen atoms in total. The van der Waals surface area contributed by atoms with Gasteiger partial charge in [0.1, 0.15) is 18.0 Å². The molecule has 3 N–H and O–H groups in total. The van der Waals surface area contributed by atoms with Crippen LogP contribution in [0.15, 0.2) is 12.1 Å². The Morgan fingerprint density at radius 1 is 1.14 bits per heavy atom. The van der Waals surface area contributed by atoms with Crippen molar-refractivity contribution in [3.8, 4) is 23.0 Å². The molecule has 1 aromatic rings. The topological polar surface area (TPSA) is 83.2 Å². The van der Waals surface area contributed by atoms with E-state index in [-0.39, 0.29) is 19.1 Å². The summed E-state index contributed by atoms with van der Waals surface area (Å²) in [6.45, 7) is 0.328. The van der Waals surface area contributed by atoms with E-state index >= 15 is 0 Å². The van der Waals surface area contributed by atoms with Crippen molar-refractivity contribution in [2.24, 2.45) is 11.7 Å². The van der Waals surface area contributed by atoms with E-state index in [0.29, 0.717) is 23.0 Å². The lowest BCUT2D eigenvalue weighted by Crippen LogP contribution is -2.45. The van der Waals surface area contributed by atoms with Gasteiger partial charge in [0.2, 0.25) is 5.75 Å². The maximum absolute atomic E-state index is 10.4. The zero-order valence-corrected chi connectivity index (χ0v) is 12.7. The van der Waals surface area contributed by atoms with Crippen LogP contribution in [0.1, 0.15) is 12.8 Å². The highest BCUT2D eigenvalue weighted by Gasteiger charge is 2.43. The zero-order valence-electron chi connectivity index (χ0n) is 12.7. The molecule has 21 heavy (non-hydrogen) atoms. The summed E-state index contributed by atoms with van der Waals surface area (Å²) in [6, 6.07) is 3.40. The van der Waals surface area contributed by atoms with Gasteiger partial charge in [0.15, 0.2) is 11.5 Å². The van der Waals surface area contributed by atoms with Crippen LogP contribution in [-0.4, -0.2) is 45.2 Å². The number of hydrogen-bond acceptors (Lipinski definition) is 6. The molecule has 0 spiro atoms. The quantitative estimate of drug-likeness (QED) is 0.750. The van der Waals surface area contributed by atoms with Gasteiger partial charge in [0.05, 0.1) is 21.3 Å². The monoisotopic (exact) mass is 297 g/mol. The summed E-state index contributed by atoms with van der Waals surface area (Å²) in [4.78, 5) is 0. The van der Waals surface area contributed by atoms with Gasteiger partial charge in [-0.15, -0.1) is 0 Å². The Morgan fingerprint density at radius 2 is 1.71 bits per heavy atom. The van der Waals surface area contributed by atoms with Crippen LogP contribution in [0.4, 0.5) is 0 Å². The fourth-order valence-electron chi connectivity index (χ4n) is 2.31. The smallest absolute Gasteiger partial charge is 0.203 e. The van der Waals surface area contributed by atoms with Gasteiger partial charge in [-0.05, 0) is 18.8 Å². The van der Waals surface area contributed by atoms with Crippen LogP contribution in [0, 0.1) is 5.92 Å². The minimum absolute atomic E-state index is 0.146. The molecule has 0 saturated heterocycles. The first-order valence-corrected chi connectivity index (χ1v) is 6.93. The summed E-state index contributed by atoms with van der Waals surface area (Å²) in [7, 11) is 4.63. The Kier molecular flexibility index (Phi) is 4.80. The molecular formula is C15H23NO5. The van der Waals surface area contributed by atoms with Crippen molar-refractivity contribution < 1.29 is 24.1 Å². The number of hydrogen-bond donors (Lipinski definition) is 2. The summed E-state index contributed by atoms with van der Waals surface area (Å²) < 4.78 is 21.5. The maximum atomic E-state index is 10.4. The molecule has 0 aliphatic heterocycles. The van der Waals surface area contributed by atoms with E-state index < -0.39 is 5.60 Å². The molecule has 6 heteroatoms. The number of nitrogens with two attached hydrogens (primary N) is 1. The average molecular weight is 297 g/mol. The number of benzene rings is 1. The van der Waals surface area contributed by atoms with E-state index in [0.717, 1.165) is 12.8 Å². The molecule has 118 valence electrons. The van der Waals surface area contributed by atoms with Crippen molar-refractivity contribution in [2.45, 2.75) is 18.4 Å². The molecule has 0 heterocycles. The highest BCUT2D eigenvalue weighted by atomic mass is 16.5. The normalized spacial score (nSPS) is 17.0. The second-order valence-electron chi connectivity index (χ2n) is 5.23. The van der Waals surface area contributed by atoms with Crippen molar-refractivity contribution >= 4 is 0 Å². The van der Waals surface area contributed by atoms with Gasteiger partial charge in [-0.3, -0.25) is 0 Å². The van der Waals surface area contributed by atoms with E-state index in [4.69, 9.17) is 24.7 Å². The summed E-state index contributed by atoms with van der Waals surface area (Å²) in [5.74, 6) is 2.29. The SMILES string of the molecule is COc1cc(OCC(O)(CN)C2CC2)cc(OC)c1OC. The zero-order chi connectivity index (χ0) is 15.5. The van der Waals surface area contributed by atoms with Crippen LogP contribution in [-0.2, 0) is 0 Å². The first-order valence-electron chi connectivity index (χ1n) is 6.93. The molecule has 1 saturated carbocycles. The van der Waals surface area contributed by atoms with E-state index in [1.807, 2.05) is 0 Å². The first-order chi connectivity index (χ1) is 10.1. The molecule has 2 rings (SSSR count). The molecule has 0 aromatic heterocycles. The second-order valence-corrected chi connectivity index (χ2v) is 5.23. The van der Waals surface area contributed by atoms with Crippen LogP contribution in [0.5, 0.6) is 23.0 Å². The predicted molar refractivity (Wildman–Crippen MR) is 78.3 cm³/mol. The first kappa shape index (κ1) is 15.7. The summed E-state index contributed by atoms with van der Waals surface area (Å²) in [5.41, 5.74) is 4.70. The lowest BCUT2D eigenvalue weighted by atomic mass is 9.99. The van der Waals surface area contributed by atoms with Crippen molar-refractivity contribution in [3.63, 3.8) is 0 Å². The predicted octanol–water partition coefficient (Wildman–Crippen LogP) is 1.19. The Balaban J connectivity index is 2.16. The van der Waals surface area contributed by atoms with Crippen molar-refractivity contribution in [1.29, 1.82) is 0 Å². The number of ether oxygens (including phenoxy) is 4. The third kappa shape index (κ3) is 3.33. The van der Waals surface area contributed by atoms with E-state index in [1.54, 1.807) is 33.5 Å². The molecule has 1 aromatic carbocycles. The van der Waals surface area contributed by atoms with Crippen LogP contribution in [0.2, 0.25) is 0 Å². The molecule has 1 aliphatic rings.